The maximum absolute atomic E-state index is 11.8. The summed E-state index contributed by atoms with van der Waals surface area (Å²) in [6, 6.07) is 0. The van der Waals surface area contributed by atoms with E-state index >= 15 is 0 Å². The lowest BCUT2D eigenvalue weighted by Crippen LogP contribution is -2.15. The van der Waals surface area contributed by atoms with E-state index in [1.165, 1.54) is 14.2 Å². The van der Waals surface area contributed by atoms with Crippen LogP contribution in [-0.4, -0.2) is 25.2 Å². The van der Waals surface area contributed by atoms with Gasteiger partial charge in [-0.05, 0) is 31.3 Å². The Balaban J connectivity index is 2.76. The molecule has 0 amide bonds. The molecule has 0 spiro atoms. The Labute approximate surface area is 84.4 Å². The number of aliphatic hydroxyl groups excluding tert-OH is 1. The van der Waals surface area contributed by atoms with E-state index in [-0.39, 0.29) is 0 Å². The molecule has 0 saturated carbocycles. The predicted molar refractivity (Wildman–Crippen MR) is 54.2 cm³/mol. The average Bonchev–Trinajstić information content (AvgIpc) is 2.28. The van der Waals surface area contributed by atoms with Crippen molar-refractivity contribution in [3.05, 3.63) is 11.6 Å². The molecule has 0 aliphatic heterocycles. The van der Waals surface area contributed by atoms with Crippen LogP contribution in [0.15, 0.2) is 11.6 Å². The molecule has 0 aromatic carbocycles. The summed E-state index contributed by atoms with van der Waals surface area (Å²) >= 11 is 0. The summed E-state index contributed by atoms with van der Waals surface area (Å²) in [6.07, 6.45) is 5.79. The maximum atomic E-state index is 11.8. The zero-order valence-corrected chi connectivity index (χ0v) is 9.50. The number of aliphatic hydroxyl groups is 1. The van der Waals surface area contributed by atoms with E-state index in [1.807, 2.05) is 6.08 Å². The van der Waals surface area contributed by atoms with Crippen LogP contribution in [0.25, 0.3) is 0 Å². The number of rotatable bonds is 4. The maximum Gasteiger partial charge on any atom is 0.362 e. The SMILES string of the molecule is COP(=O)(OC)C(O)C1=CCCCC1. The Kier molecular flexibility index (Phi) is 4.32. The predicted octanol–water partition coefficient (Wildman–Crippen LogP) is 2.29. The molecule has 1 unspecified atom stereocenters. The second kappa shape index (κ2) is 5.08. The van der Waals surface area contributed by atoms with Crippen molar-refractivity contribution in [3.63, 3.8) is 0 Å². The number of hydrogen-bond donors (Lipinski definition) is 1. The Morgan fingerprint density at radius 3 is 2.50 bits per heavy atom. The molecular formula is C9H17O4P. The van der Waals surface area contributed by atoms with Crippen molar-refractivity contribution in [2.24, 2.45) is 0 Å². The summed E-state index contributed by atoms with van der Waals surface area (Å²) < 4.78 is 21.3. The Morgan fingerprint density at radius 2 is 2.07 bits per heavy atom. The highest BCUT2D eigenvalue weighted by molar-refractivity contribution is 7.54. The van der Waals surface area contributed by atoms with Gasteiger partial charge >= 0.3 is 7.60 Å². The zero-order valence-electron chi connectivity index (χ0n) is 8.60. The van der Waals surface area contributed by atoms with E-state index < -0.39 is 13.4 Å². The third-order valence-corrected chi connectivity index (χ3v) is 4.41. The molecule has 5 heteroatoms. The van der Waals surface area contributed by atoms with Gasteiger partial charge in [-0.15, -0.1) is 0 Å². The van der Waals surface area contributed by atoms with Crippen LogP contribution in [-0.2, 0) is 13.6 Å². The van der Waals surface area contributed by atoms with Gasteiger partial charge < -0.3 is 14.2 Å². The third-order valence-electron chi connectivity index (χ3n) is 2.47. The van der Waals surface area contributed by atoms with Gasteiger partial charge in [0.2, 0.25) is 0 Å². The van der Waals surface area contributed by atoms with Crippen molar-refractivity contribution >= 4 is 7.60 Å². The molecule has 14 heavy (non-hydrogen) atoms. The molecule has 1 rings (SSSR count). The van der Waals surface area contributed by atoms with Crippen molar-refractivity contribution < 1.29 is 18.7 Å². The van der Waals surface area contributed by atoms with E-state index in [2.05, 4.69) is 0 Å². The Bertz CT molecular complexity index is 254. The van der Waals surface area contributed by atoms with Crippen LogP contribution in [0.3, 0.4) is 0 Å². The summed E-state index contributed by atoms with van der Waals surface area (Å²) in [6.45, 7) is 0. The lowest BCUT2D eigenvalue weighted by molar-refractivity contribution is 0.191. The highest BCUT2D eigenvalue weighted by Gasteiger charge is 2.35. The van der Waals surface area contributed by atoms with E-state index in [4.69, 9.17) is 9.05 Å². The van der Waals surface area contributed by atoms with E-state index in [1.54, 1.807) is 0 Å². The normalized spacial score (nSPS) is 20.4. The van der Waals surface area contributed by atoms with Gasteiger partial charge in [-0.1, -0.05) is 6.08 Å². The topological polar surface area (TPSA) is 55.8 Å². The fourth-order valence-electron chi connectivity index (χ4n) is 1.57. The molecule has 1 N–H and O–H groups in total. The quantitative estimate of drug-likeness (QED) is 0.583. The van der Waals surface area contributed by atoms with Gasteiger partial charge in [0.15, 0.2) is 5.85 Å². The number of hydrogen-bond acceptors (Lipinski definition) is 4. The lowest BCUT2D eigenvalue weighted by atomic mass is 10.0. The summed E-state index contributed by atoms with van der Waals surface area (Å²) in [5, 5.41) is 9.81. The van der Waals surface area contributed by atoms with Crippen LogP contribution < -0.4 is 0 Å². The van der Waals surface area contributed by atoms with E-state index in [0.29, 0.717) is 0 Å². The molecular weight excluding hydrogens is 203 g/mol. The first kappa shape index (κ1) is 11.9. The monoisotopic (exact) mass is 220 g/mol. The van der Waals surface area contributed by atoms with Gasteiger partial charge in [-0.2, -0.15) is 0 Å². The van der Waals surface area contributed by atoms with Crippen LogP contribution in [0.5, 0.6) is 0 Å². The first-order valence-corrected chi connectivity index (χ1v) is 6.33. The van der Waals surface area contributed by atoms with E-state index in [0.717, 1.165) is 31.3 Å². The zero-order chi connectivity index (χ0) is 10.6. The molecule has 0 fully saturated rings. The summed E-state index contributed by atoms with van der Waals surface area (Å²) in [5.41, 5.74) is 0.781. The van der Waals surface area contributed by atoms with Crippen molar-refractivity contribution in [1.29, 1.82) is 0 Å². The minimum absolute atomic E-state index is 0.776. The standard InChI is InChI=1S/C9H17O4P/c1-12-14(11,13-2)9(10)8-6-4-3-5-7-8/h6,9-10H,3-5,7H2,1-2H3. The van der Waals surface area contributed by atoms with Gasteiger partial charge in [0.1, 0.15) is 0 Å². The van der Waals surface area contributed by atoms with Crippen molar-refractivity contribution in [2.45, 2.75) is 31.5 Å². The molecule has 1 atom stereocenters. The fourth-order valence-corrected chi connectivity index (χ4v) is 2.76. The van der Waals surface area contributed by atoms with Crippen LogP contribution in [0.1, 0.15) is 25.7 Å². The van der Waals surface area contributed by atoms with E-state index in [9.17, 15) is 9.67 Å². The summed E-state index contributed by atoms with van der Waals surface area (Å²) in [4.78, 5) is 0. The van der Waals surface area contributed by atoms with Crippen molar-refractivity contribution in [3.8, 4) is 0 Å². The van der Waals surface area contributed by atoms with Gasteiger partial charge in [0.25, 0.3) is 0 Å². The lowest BCUT2D eigenvalue weighted by Gasteiger charge is -2.23. The second-order valence-corrected chi connectivity index (χ2v) is 5.60. The molecule has 4 nitrogen and oxygen atoms in total. The molecule has 0 bridgehead atoms. The molecule has 1 aliphatic rings. The second-order valence-electron chi connectivity index (χ2n) is 3.30. The summed E-state index contributed by atoms with van der Waals surface area (Å²) in [7, 11) is -0.776. The van der Waals surface area contributed by atoms with Gasteiger partial charge in [0, 0.05) is 14.2 Å². The minimum Gasteiger partial charge on any atom is -0.376 e. The first-order chi connectivity index (χ1) is 6.64. The van der Waals surface area contributed by atoms with Crippen LogP contribution in [0.2, 0.25) is 0 Å². The Hall–Kier alpha value is -0.150. The Morgan fingerprint density at radius 1 is 1.43 bits per heavy atom. The minimum atomic E-state index is -3.35. The van der Waals surface area contributed by atoms with Crippen molar-refractivity contribution in [2.75, 3.05) is 14.2 Å². The van der Waals surface area contributed by atoms with Crippen molar-refractivity contribution in [1.82, 2.24) is 0 Å². The highest BCUT2D eigenvalue weighted by atomic mass is 31.2. The molecule has 0 saturated heterocycles. The third kappa shape index (κ3) is 2.45. The van der Waals surface area contributed by atoms with Crippen LogP contribution in [0.4, 0.5) is 0 Å². The first-order valence-electron chi connectivity index (χ1n) is 4.72. The van der Waals surface area contributed by atoms with Gasteiger partial charge in [-0.3, -0.25) is 4.57 Å². The number of allylic oxidation sites excluding steroid dienone is 1. The molecule has 1 aliphatic carbocycles. The molecule has 0 heterocycles. The van der Waals surface area contributed by atoms with Gasteiger partial charge in [0.05, 0.1) is 0 Å². The molecule has 0 radical (unpaired) electrons. The van der Waals surface area contributed by atoms with Gasteiger partial charge in [-0.25, -0.2) is 0 Å². The average molecular weight is 220 g/mol. The van der Waals surface area contributed by atoms with Crippen LogP contribution >= 0.6 is 7.60 Å². The molecule has 82 valence electrons. The largest absolute Gasteiger partial charge is 0.376 e. The summed E-state index contributed by atoms with van der Waals surface area (Å²) in [5.74, 6) is -1.10. The molecule has 0 aromatic rings. The fraction of sp³-hybridized carbons (Fsp3) is 0.778. The smallest absolute Gasteiger partial charge is 0.362 e. The highest BCUT2D eigenvalue weighted by Crippen LogP contribution is 2.53. The molecule has 0 aromatic heterocycles. The van der Waals surface area contributed by atoms with Crippen LogP contribution in [0, 0.1) is 0 Å².